The van der Waals surface area contributed by atoms with Crippen LogP contribution < -0.4 is 4.74 Å². The fourth-order valence-corrected chi connectivity index (χ4v) is 1.97. The van der Waals surface area contributed by atoms with Crippen molar-refractivity contribution in [2.45, 2.75) is 0 Å². The van der Waals surface area contributed by atoms with E-state index in [0.717, 1.165) is 11.3 Å². The van der Waals surface area contributed by atoms with Crippen molar-refractivity contribution >= 4 is 23.0 Å². The van der Waals surface area contributed by atoms with Crippen LogP contribution in [0.5, 0.6) is 11.6 Å². The third-order valence-electron chi connectivity index (χ3n) is 2.09. The minimum absolute atomic E-state index is 0.196. The summed E-state index contributed by atoms with van der Waals surface area (Å²) in [5.41, 5.74) is 0.446. The molecule has 9 heteroatoms. The van der Waals surface area contributed by atoms with Gasteiger partial charge in [0, 0.05) is 11.4 Å². The number of thiophene rings is 1. The SMILES string of the molecule is O=C(O)c1cc(Oc2cncc3nnnn23)cs1. The maximum Gasteiger partial charge on any atom is 0.346 e. The fraction of sp³-hybridized carbons (Fsp3) is 0. The first-order chi connectivity index (χ1) is 8.74. The Bertz CT molecular complexity index is 722. The number of fused-ring (bicyclic) bond motifs is 1. The summed E-state index contributed by atoms with van der Waals surface area (Å²) in [6, 6.07) is 1.43. The number of carboxylic acid groups (broad SMARTS) is 1. The summed E-state index contributed by atoms with van der Waals surface area (Å²) in [5.74, 6) is -0.275. The van der Waals surface area contributed by atoms with Crippen LogP contribution >= 0.6 is 11.3 Å². The molecule has 0 aliphatic heterocycles. The van der Waals surface area contributed by atoms with E-state index in [9.17, 15) is 4.79 Å². The van der Waals surface area contributed by atoms with Crippen molar-refractivity contribution in [2.75, 3.05) is 0 Å². The van der Waals surface area contributed by atoms with Gasteiger partial charge in [0.05, 0.1) is 12.4 Å². The number of tetrazole rings is 1. The van der Waals surface area contributed by atoms with Crippen molar-refractivity contribution in [3.63, 3.8) is 0 Å². The molecule has 0 amide bonds. The van der Waals surface area contributed by atoms with Gasteiger partial charge in [-0.3, -0.25) is 4.98 Å². The molecule has 0 saturated heterocycles. The number of rotatable bonds is 3. The van der Waals surface area contributed by atoms with Gasteiger partial charge in [-0.25, -0.2) is 4.79 Å². The van der Waals surface area contributed by atoms with Crippen LogP contribution in [0.2, 0.25) is 0 Å². The highest BCUT2D eigenvalue weighted by molar-refractivity contribution is 7.12. The highest BCUT2D eigenvalue weighted by Crippen LogP contribution is 2.26. The molecule has 0 saturated carbocycles. The van der Waals surface area contributed by atoms with E-state index in [0.29, 0.717) is 17.3 Å². The molecule has 0 fully saturated rings. The van der Waals surface area contributed by atoms with Crippen molar-refractivity contribution < 1.29 is 14.6 Å². The first kappa shape index (κ1) is 10.6. The van der Waals surface area contributed by atoms with E-state index < -0.39 is 5.97 Å². The van der Waals surface area contributed by atoms with E-state index >= 15 is 0 Å². The van der Waals surface area contributed by atoms with Crippen LogP contribution in [0.4, 0.5) is 0 Å². The minimum atomic E-state index is -0.992. The van der Waals surface area contributed by atoms with Crippen molar-refractivity contribution in [3.8, 4) is 11.6 Å². The first-order valence-corrected chi connectivity index (χ1v) is 5.64. The summed E-state index contributed by atoms with van der Waals surface area (Å²) in [5, 5.41) is 21.3. The van der Waals surface area contributed by atoms with Gasteiger partial charge in [-0.2, -0.15) is 4.52 Å². The normalized spacial score (nSPS) is 10.7. The van der Waals surface area contributed by atoms with Gasteiger partial charge in [-0.15, -0.1) is 16.4 Å². The molecule has 18 heavy (non-hydrogen) atoms. The molecule has 0 aliphatic carbocycles. The maximum atomic E-state index is 10.7. The van der Waals surface area contributed by atoms with Crippen molar-refractivity contribution in [3.05, 3.63) is 28.7 Å². The van der Waals surface area contributed by atoms with E-state index in [4.69, 9.17) is 9.84 Å². The molecule has 0 radical (unpaired) electrons. The highest BCUT2D eigenvalue weighted by atomic mass is 32.1. The second-order valence-electron chi connectivity index (χ2n) is 3.25. The van der Waals surface area contributed by atoms with Crippen LogP contribution in [0.15, 0.2) is 23.8 Å². The number of aromatic nitrogens is 5. The molecule has 3 rings (SSSR count). The summed E-state index contributed by atoms with van der Waals surface area (Å²) in [7, 11) is 0. The van der Waals surface area contributed by atoms with Crippen molar-refractivity contribution in [1.29, 1.82) is 0 Å². The monoisotopic (exact) mass is 263 g/mol. The lowest BCUT2D eigenvalue weighted by Gasteiger charge is -2.02. The zero-order valence-corrected chi connectivity index (χ0v) is 9.53. The predicted octanol–water partition coefficient (Wildman–Crippen LogP) is 1.07. The second kappa shape index (κ2) is 4.04. The molecule has 3 aromatic rings. The van der Waals surface area contributed by atoms with E-state index in [1.807, 2.05) is 0 Å². The van der Waals surface area contributed by atoms with Crippen LogP contribution in [0, 0.1) is 0 Å². The Morgan fingerprint density at radius 3 is 3.11 bits per heavy atom. The minimum Gasteiger partial charge on any atom is -0.477 e. The molecule has 1 N–H and O–H groups in total. The Kier molecular flexibility index (Phi) is 2.38. The van der Waals surface area contributed by atoms with Crippen LogP contribution in [0.3, 0.4) is 0 Å². The highest BCUT2D eigenvalue weighted by Gasteiger charge is 2.10. The topological polar surface area (TPSA) is 102 Å². The molecule has 0 aromatic carbocycles. The number of aromatic carboxylic acids is 1. The number of hydrogen-bond acceptors (Lipinski definition) is 7. The third-order valence-corrected chi connectivity index (χ3v) is 2.98. The van der Waals surface area contributed by atoms with Crippen LogP contribution in [-0.2, 0) is 0 Å². The molecule has 8 nitrogen and oxygen atoms in total. The van der Waals surface area contributed by atoms with Gasteiger partial charge in [-0.1, -0.05) is 0 Å². The Morgan fingerprint density at radius 1 is 1.44 bits per heavy atom. The Hall–Kier alpha value is -2.55. The lowest BCUT2D eigenvalue weighted by Crippen LogP contribution is -1.96. The van der Waals surface area contributed by atoms with Crippen LogP contribution in [0.25, 0.3) is 5.65 Å². The summed E-state index contributed by atoms with van der Waals surface area (Å²) in [6.07, 6.45) is 2.94. The third kappa shape index (κ3) is 1.76. The lowest BCUT2D eigenvalue weighted by atomic mass is 10.4. The summed E-state index contributed by atoms with van der Waals surface area (Å²) >= 11 is 1.08. The molecule has 0 bridgehead atoms. The van der Waals surface area contributed by atoms with E-state index in [-0.39, 0.29) is 4.88 Å². The summed E-state index contributed by atoms with van der Waals surface area (Å²) in [6.45, 7) is 0. The Labute approximate surface area is 103 Å². The molecular formula is C9H5N5O3S. The van der Waals surface area contributed by atoms with Gasteiger partial charge in [0.2, 0.25) is 11.5 Å². The van der Waals surface area contributed by atoms with Gasteiger partial charge in [-0.05, 0) is 10.4 Å². The van der Waals surface area contributed by atoms with Crippen molar-refractivity contribution in [2.24, 2.45) is 0 Å². The van der Waals surface area contributed by atoms with E-state index in [2.05, 4.69) is 20.5 Å². The lowest BCUT2D eigenvalue weighted by molar-refractivity contribution is 0.0702. The number of ether oxygens (including phenoxy) is 1. The van der Waals surface area contributed by atoms with E-state index in [1.54, 1.807) is 5.38 Å². The zero-order valence-electron chi connectivity index (χ0n) is 8.72. The number of nitrogens with zero attached hydrogens (tertiary/aromatic N) is 5. The maximum absolute atomic E-state index is 10.7. The quantitative estimate of drug-likeness (QED) is 0.753. The Morgan fingerprint density at radius 2 is 2.33 bits per heavy atom. The summed E-state index contributed by atoms with van der Waals surface area (Å²) in [4.78, 5) is 14.9. The van der Waals surface area contributed by atoms with Crippen LogP contribution in [0.1, 0.15) is 9.67 Å². The van der Waals surface area contributed by atoms with Gasteiger partial charge in [0.1, 0.15) is 10.6 Å². The largest absolute Gasteiger partial charge is 0.477 e. The average molecular weight is 263 g/mol. The van der Waals surface area contributed by atoms with Gasteiger partial charge in [0.25, 0.3) is 0 Å². The molecule has 0 unspecified atom stereocenters. The molecule has 90 valence electrons. The smallest absolute Gasteiger partial charge is 0.346 e. The molecular weight excluding hydrogens is 258 g/mol. The fourth-order valence-electron chi connectivity index (χ4n) is 1.33. The van der Waals surface area contributed by atoms with Crippen molar-refractivity contribution in [1.82, 2.24) is 25.0 Å². The molecule has 3 heterocycles. The predicted molar refractivity (Wildman–Crippen MR) is 59.9 cm³/mol. The molecule has 0 atom stereocenters. The van der Waals surface area contributed by atoms with Gasteiger partial charge in [0.15, 0.2) is 0 Å². The van der Waals surface area contributed by atoms with E-state index in [1.165, 1.54) is 23.0 Å². The molecule has 0 aliphatic rings. The standard InChI is InChI=1S/C9H5N5O3S/c15-9(16)6-1-5(4-18-6)17-8-3-10-2-7-11-12-13-14(7)8/h1-4H,(H,15,16). The van der Waals surface area contributed by atoms with Crippen LogP contribution in [-0.4, -0.2) is 36.1 Å². The molecule has 0 spiro atoms. The molecule has 3 aromatic heterocycles. The first-order valence-electron chi connectivity index (χ1n) is 4.76. The summed E-state index contributed by atoms with van der Waals surface area (Å²) < 4.78 is 6.85. The van der Waals surface area contributed by atoms with Gasteiger partial charge >= 0.3 is 5.97 Å². The Balaban J connectivity index is 1.96. The second-order valence-corrected chi connectivity index (χ2v) is 4.16. The zero-order chi connectivity index (χ0) is 12.5. The number of hydrogen-bond donors (Lipinski definition) is 1. The number of carbonyl (C=O) groups is 1. The average Bonchev–Trinajstić information content (AvgIpc) is 2.97. The number of carboxylic acids is 1. The van der Waals surface area contributed by atoms with Gasteiger partial charge < -0.3 is 9.84 Å².